The van der Waals surface area contributed by atoms with Crippen LogP contribution in [0.25, 0.3) is 0 Å². The van der Waals surface area contributed by atoms with Gasteiger partial charge in [0.1, 0.15) is 6.10 Å². The smallest absolute Gasteiger partial charge is 0.186 e. The van der Waals surface area contributed by atoms with Gasteiger partial charge < -0.3 is 18.9 Å². The molecule has 0 spiro atoms. The molecule has 0 saturated carbocycles. The zero-order valence-corrected chi connectivity index (χ0v) is 10.0. The zero-order valence-electron chi connectivity index (χ0n) is 10.0. The van der Waals surface area contributed by atoms with E-state index in [0.717, 1.165) is 0 Å². The van der Waals surface area contributed by atoms with Gasteiger partial charge in [0.05, 0.1) is 12.2 Å². The Morgan fingerprint density at radius 1 is 1.07 bits per heavy atom. The molecule has 4 heteroatoms. The van der Waals surface area contributed by atoms with Crippen LogP contribution in [-0.4, -0.2) is 37.5 Å². The van der Waals surface area contributed by atoms with E-state index in [4.69, 9.17) is 18.9 Å². The van der Waals surface area contributed by atoms with E-state index in [1.54, 1.807) is 7.11 Å². The highest BCUT2D eigenvalue weighted by atomic mass is 16.8. The maximum absolute atomic E-state index is 5.89. The van der Waals surface area contributed by atoms with Gasteiger partial charge in [-0.2, -0.15) is 0 Å². The normalized spacial score (nSPS) is 49.0. The van der Waals surface area contributed by atoms with E-state index >= 15 is 0 Å². The van der Waals surface area contributed by atoms with E-state index in [0.29, 0.717) is 5.92 Å². The van der Waals surface area contributed by atoms with Crippen molar-refractivity contribution >= 4 is 0 Å². The van der Waals surface area contributed by atoms with Crippen LogP contribution in [0.15, 0.2) is 0 Å². The number of rotatable bonds is 1. The first-order valence-electron chi connectivity index (χ1n) is 5.48. The lowest BCUT2D eigenvalue weighted by Crippen LogP contribution is -2.51. The monoisotopic (exact) mass is 216 g/mol. The third kappa shape index (κ3) is 1.91. The Hall–Kier alpha value is -0.160. The van der Waals surface area contributed by atoms with E-state index in [1.165, 1.54) is 0 Å². The Balaban J connectivity index is 2.18. The molecule has 0 aliphatic carbocycles. The fourth-order valence-electron chi connectivity index (χ4n) is 2.30. The average molecular weight is 216 g/mol. The van der Waals surface area contributed by atoms with Crippen molar-refractivity contribution in [1.82, 2.24) is 0 Å². The topological polar surface area (TPSA) is 36.9 Å². The van der Waals surface area contributed by atoms with Crippen molar-refractivity contribution in [2.45, 2.75) is 58.1 Å². The van der Waals surface area contributed by atoms with Crippen LogP contribution in [0.1, 0.15) is 27.7 Å². The summed E-state index contributed by atoms with van der Waals surface area (Å²) in [4.78, 5) is 0. The molecule has 0 radical (unpaired) electrons. The second-order valence-electron chi connectivity index (χ2n) is 4.87. The Bertz CT molecular complexity index is 233. The Morgan fingerprint density at radius 3 is 2.27 bits per heavy atom. The predicted molar refractivity (Wildman–Crippen MR) is 54.3 cm³/mol. The summed E-state index contributed by atoms with van der Waals surface area (Å²) >= 11 is 0. The first kappa shape index (κ1) is 11.3. The van der Waals surface area contributed by atoms with Crippen LogP contribution in [0.3, 0.4) is 0 Å². The number of hydrogen-bond donors (Lipinski definition) is 0. The van der Waals surface area contributed by atoms with Crippen molar-refractivity contribution in [2.75, 3.05) is 7.11 Å². The van der Waals surface area contributed by atoms with Gasteiger partial charge in [-0.15, -0.1) is 0 Å². The van der Waals surface area contributed by atoms with Gasteiger partial charge in [-0.25, -0.2) is 0 Å². The summed E-state index contributed by atoms with van der Waals surface area (Å²) in [6, 6.07) is 0. The molecule has 0 aromatic rings. The highest BCUT2D eigenvalue weighted by Gasteiger charge is 2.52. The van der Waals surface area contributed by atoms with Crippen LogP contribution in [-0.2, 0) is 18.9 Å². The molecule has 88 valence electrons. The molecular formula is C11H20O4. The number of methoxy groups -OCH3 is 1. The van der Waals surface area contributed by atoms with Gasteiger partial charge in [-0.3, -0.25) is 0 Å². The molecule has 2 aliphatic rings. The quantitative estimate of drug-likeness (QED) is 0.666. The van der Waals surface area contributed by atoms with Gasteiger partial charge in [0.25, 0.3) is 0 Å². The number of ether oxygens (including phenoxy) is 4. The average Bonchev–Trinajstić information content (AvgIpc) is 2.48. The number of hydrogen-bond acceptors (Lipinski definition) is 4. The van der Waals surface area contributed by atoms with Crippen LogP contribution in [0, 0.1) is 5.92 Å². The summed E-state index contributed by atoms with van der Waals surface area (Å²) < 4.78 is 22.7. The second-order valence-corrected chi connectivity index (χ2v) is 4.87. The standard InChI is InChI=1S/C11H20O4/c1-6-7(2)13-10(12-5)9-8(6)14-11(3,4)15-9/h6-10H,1-5H3/t6-,7+,8-,9-,10-/m1/s1. The van der Waals surface area contributed by atoms with E-state index in [2.05, 4.69) is 6.92 Å². The minimum Gasteiger partial charge on any atom is -0.353 e. The maximum atomic E-state index is 5.89. The maximum Gasteiger partial charge on any atom is 0.186 e. The number of fused-ring (bicyclic) bond motifs is 1. The van der Waals surface area contributed by atoms with E-state index in [9.17, 15) is 0 Å². The largest absolute Gasteiger partial charge is 0.353 e. The molecule has 0 bridgehead atoms. The summed E-state index contributed by atoms with van der Waals surface area (Å²) in [6.07, 6.45) is -0.235. The molecule has 2 aliphatic heterocycles. The first-order chi connectivity index (χ1) is 6.94. The molecule has 5 atom stereocenters. The second kappa shape index (κ2) is 3.70. The van der Waals surface area contributed by atoms with E-state index in [1.807, 2.05) is 20.8 Å². The molecule has 0 amide bonds. The molecule has 4 nitrogen and oxygen atoms in total. The molecule has 0 aromatic heterocycles. The highest BCUT2D eigenvalue weighted by Crippen LogP contribution is 2.39. The molecule has 2 heterocycles. The van der Waals surface area contributed by atoms with Gasteiger partial charge in [-0.1, -0.05) is 6.92 Å². The van der Waals surface area contributed by atoms with Gasteiger partial charge >= 0.3 is 0 Å². The third-order valence-corrected chi connectivity index (χ3v) is 3.27. The van der Waals surface area contributed by atoms with Gasteiger partial charge in [0, 0.05) is 13.0 Å². The van der Waals surface area contributed by atoms with Crippen molar-refractivity contribution in [3.8, 4) is 0 Å². The molecule has 2 saturated heterocycles. The fourth-order valence-corrected chi connectivity index (χ4v) is 2.30. The Kier molecular flexibility index (Phi) is 2.79. The molecule has 0 aromatic carbocycles. The summed E-state index contributed by atoms with van der Waals surface area (Å²) in [5.41, 5.74) is 0. The lowest BCUT2D eigenvalue weighted by atomic mass is 9.92. The fraction of sp³-hybridized carbons (Fsp3) is 1.00. The summed E-state index contributed by atoms with van der Waals surface area (Å²) in [7, 11) is 1.64. The van der Waals surface area contributed by atoms with E-state index in [-0.39, 0.29) is 24.6 Å². The SMILES string of the molecule is CO[C@@H]1O[C@@H](C)[C@@H](C)[C@H]2OC(C)(C)O[C@@H]12. The zero-order chi connectivity index (χ0) is 11.2. The molecular weight excluding hydrogens is 196 g/mol. The minimum atomic E-state index is -0.534. The minimum absolute atomic E-state index is 0.0636. The molecule has 0 N–H and O–H groups in total. The van der Waals surface area contributed by atoms with E-state index < -0.39 is 5.79 Å². The van der Waals surface area contributed by atoms with Crippen LogP contribution in [0.2, 0.25) is 0 Å². The van der Waals surface area contributed by atoms with Crippen LogP contribution < -0.4 is 0 Å². The predicted octanol–water partition coefficient (Wildman–Crippen LogP) is 1.53. The van der Waals surface area contributed by atoms with Crippen molar-refractivity contribution < 1.29 is 18.9 Å². The summed E-state index contributed by atoms with van der Waals surface area (Å²) in [5, 5.41) is 0. The molecule has 2 fully saturated rings. The van der Waals surface area contributed by atoms with Gasteiger partial charge in [0.15, 0.2) is 12.1 Å². The summed E-state index contributed by atoms with van der Waals surface area (Å²) in [5.74, 6) is -0.212. The van der Waals surface area contributed by atoms with Crippen molar-refractivity contribution in [1.29, 1.82) is 0 Å². The lowest BCUT2D eigenvalue weighted by molar-refractivity contribution is -0.250. The van der Waals surface area contributed by atoms with Crippen LogP contribution in [0.4, 0.5) is 0 Å². The Morgan fingerprint density at radius 2 is 1.67 bits per heavy atom. The molecule has 15 heavy (non-hydrogen) atoms. The molecule has 2 rings (SSSR count). The van der Waals surface area contributed by atoms with Crippen molar-refractivity contribution in [3.63, 3.8) is 0 Å². The van der Waals surface area contributed by atoms with Crippen LogP contribution in [0.5, 0.6) is 0 Å². The highest BCUT2D eigenvalue weighted by molar-refractivity contribution is 4.92. The van der Waals surface area contributed by atoms with Gasteiger partial charge in [0.2, 0.25) is 0 Å². The van der Waals surface area contributed by atoms with Crippen molar-refractivity contribution in [3.05, 3.63) is 0 Å². The lowest BCUT2D eigenvalue weighted by Gasteiger charge is -2.38. The Labute approximate surface area is 90.8 Å². The summed E-state index contributed by atoms with van der Waals surface area (Å²) in [6.45, 7) is 8.02. The first-order valence-corrected chi connectivity index (χ1v) is 5.48. The van der Waals surface area contributed by atoms with Crippen molar-refractivity contribution in [2.24, 2.45) is 5.92 Å². The van der Waals surface area contributed by atoms with Gasteiger partial charge in [-0.05, 0) is 20.8 Å². The van der Waals surface area contributed by atoms with Crippen LogP contribution >= 0.6 is 0 Å². The molecule has 0 unspecified atom stereocenters. The third-order valence-electron chi connectivity index (χ3n) is 3.27.